The number of nitrogens with one attached hydrogen (secondary N) is 1. The third kappa shape index (κ3) is 3.44. The van der Waals surface area contributed by atoms with E-state index in [-0.39, 0.29) is 11.9 Å². The van der Waals surface area contributed by atoms with Crippen molar-refractivity contribution in [3.63, 3.8) is 0 Å². The molecule has 1 aromatic rings. The van der Waals surface area contributed by atoms with Crippen LogP contribution in [0.5, 0.6) is 0 Å². The molecule has 0 bridgehead atoms. The van der Waals surface area contributed by atoms with E-state index in [2.05, 4.69) is 5.32 Å². The lowest BCUT2D eigenvalue weighted by Gasteiger charge is -2.26. The molecule has 0 saturated heterocycles. The van der Waals surface area contributed by atoms with Crippen molar-refractivity contribution in [2.45, 2.75) is 51.3 Å². The Morgan fingerprint density at radius 2 is 2.00 bits per heavy atom. The van der Waals surface area contributed by atoms with Crippen LogP contribution in [0, 0.1) is 12.7 Å². The Hall–Kier alpha value is -0.640. The molecule has 1 aliphatic carbocycles. The van der Waals surface area contributed by atoms with Crippen molar-refractivity contribution in [2.24, 2.45) is 0 Å². The summed E-state index contributed by atoms with van der Waals surface area (Å²) < 4.78 is 13.5. The van der Waals surface area contributed by atoms with Gasteiger partial charge in [-0.25, -0.2) is 4.39 Å². The van der Waals surface area contributed by atoms with E-state index in [1.807, 2.05) is 0 Å². The fourth-order valence-electron chi connectivity index (χ4n) is 2.36. The maximum Gasteiger partial charge on any atom is 0.126 e. The third-order valence-corrected chi connectivity index (χ3v) is 3.96. The molecular weight excluding hydrogens is 253 g/mol. The second kappa shape index (κ2) is 6.00. The summed E-state index contributed by atoms with van der Waals surface area (Å²) in [6, 6.07) is 3.56. The summed E-state index contributed by atoms with van der Waals surface area (Å²) >= 11 is 6.10. The standard InChI is InChI=1S/C14H19ClFNO/c1-9-6-13(15)10(7-14(9)16)8-17-11-2-4-12(18)5-3-11/h6-7,11-12,17-18H,2-5,8H2,1H3. The van der Waals surface area contributed by atoms with Gasteiger partial charge in [-0.2, -0.15) is 0 Å². The lowest BCUT2D eigenvalue weighted by Crippen LogP contribution is -2.34. The smallest absolute Gasteiger partial charge is 0.126 e. The number of aliphatic hydroxyl groups excluding tert-OH is 1. The van der Waals surface area contributed by atoms with Crippen molar-refractivity contribution in [3.05, 3.63) is 34.1 Å². The summed E-state index contributed by atoms with van der Waals surface area (Å²) in [6.07, 6.45) is 3.46. The SMILES string of the molecule is Cc1cc(Cl)c(CNC2CCC(O)CC2)cc1F. The van der Waals surface area contributed by atoms with Gasteiger partial charge in [-0.05, 0) is 55.9 Å². The van der Waals surface area contributed by atoms with Gasteiger partial charge in [-0.3, -0.25) is 0 Å². The average Bonchev–Trinajstić information content (AvgIpc) is 2.34. The minimum Gasteiger partial charge on any atom is -0.393 e. The molecule has 1 fully saturated rings. The van der Waals surface area contributed by atoms with Gasteiger partial charge in [-0.15, -0.1) is 0 Å². The summed E-state index contributed by atoms with van der Waals surface area (Å²) in [6.45, 7) is 2.29. The third-order valence-electron chi connectivity index (χ3n) is 3.61. The highest BCUT2D eigenvalue weighted by atomic mass is 35.5. The van der Waals surface area contributed by atoms with E-state index in [0.29, 0.717) is 23.2 Å². The number of aryl methyl sites for hydroxylation is 1. The highest BCUT2D eigenvalue weighted by molar-refractivity contribution is 6.31. The van der Waals surface area contributed by atoms with Gasteiger partial charge in [0.1, 0.15) is 5.82 Å². The molecule has 2 rings (SSSR count). The second-order valence-corrected chi connectivity index (χ2v) is 5.49. The number of aliphatic hydroxyl groups is 1. The Morgan fingerprint density at radius 3 is 2.67 bits per heavy atom. The topological polar surface area (TPSA) is 32.3 Å². The summed E-state index contributed by atoms with van der Waals surface area (Å²) in [4.78, 5) is 0. The van der Waals surface area contributed by atoms with E-state index < -0.39 is 0 Å². The van der Waals surface area contributed by atoms with Crippen molar-refractivity contribution < 1.29 is 9.50 Å². The predicted octanol–water partition coefficient (Wildman–Crippen LogP) is 3.18. The van der Waals surface area contributed by atoms with Crippen molar-refractivity contribution >= 4 is 11.6 Å². The normalized spacial score (nSPS) is 24.2. The van der Waals surface area contributed by atoms with E-state index in [0.717, 1.165) is 31.2 Å². The maximum absolute atomic E-state index is 13.5. The minimum absolute atomic E-state index is 0.150. The monoisotopic (exact) mass is 271 g/mol. The van der Waals surface area contributed by atoms with Crippen molar-refractivity contribution in [1.82, 2.24) is 5.32 Å². The van der Waals surface area contributed by atoms with Crippen molar-refractivity contribution in [1.29, 1.82) is 0 Å². The molecule has 0 unspecified atom stereocenters. The molecule has 1 saturated carbocycles. The van der Waals surface area contributed by atoms with Crippen LogP contribution >= 0.6 is 11.6 Å². The van der Waals surface area contributed by atoms with Crippen molar-refractivity contribution in [2.75, 3.05) is 0 Å². The summed E-state index contributed by atoms with van der Waals surface area (Å²) in [7, 11) is 0. The Balaban J connectivity index is 1.92. The summed E-state index contributed by atoms with van der Waals surface area (Å²) in [5.74, 6) is -0.213. The van der Waals surface area contributed by atoms with E-state index in [1.54, 1.807) is 13.0 Å². The highest BCUT2D eigenvalue weighted by Crippen LogP contribution is 2.22. The quantitative estimate of drug-likeness (QED) is 0.885. The zero-order valence-electron chi connectivity index (χ0n) is 10.5. The molecule has 1 aromatic carbocycles. The molecule has 0 spiro atoms. The van der Waals surface area contributed by atoms with Gasteiger partial charge in [0, 0.05) is 17.6 Å². The Bertz CT molecular complexity index is 417. The van der Waals surface area contributed by atoms with Crippen LogP contribution in [0.2, 0.25) is 5.02 Å². The Labute approximate surface area is 112 Å². The van der Waals surface area contributed by atoms with Crippen molar-refractivity contribution in [3.8, 4) is 0 Å². The largest absolute Gasteiger partial charge is 0.393 e. The Morgan fingerprint density at radius 1 is 1.33 bits per heavy atom. The number of benzene rings is 1. The van der Waals surface area contributed by atoms with Crippen LogP contribution in [-0.4, -0.2) is 17.3 Å². The van der Waals surface area contributed by atoms with Gasteiger partial charge in [0.25, 0.3) is 0 Å². The first-order valence-corrected chi connectivity index (χ1v) is 6.80. The van der Waals surface area contributed by atoms with Crippen LogP contribution in [0.15, 0.2) is 12.1 Å². The molecule has 0 aliphatic heterocycles. The maximum atomic E-state index is 13.5. The lowest BCUT2D eigenvalue weighted by molar-refractivity contribution is 0.116. The lowest BCUT2D eigenvalue weighted by atomic mass is 9.93. The summed E-state index contributed by atoms with van der Waals surface area (Å²) in [5.41, 5.74) is 1.37. The first-order valence-electron chi connectivity index (χ1n) is 6.42. The molecule has 2 N–H and O–H groups in total. The first-order chi connectivity index (χ1) is 8.56. The molecule has 0 radical (unpaired) electrons. The molecule has 0 heterocycles. The number of halogens is 2. The predicted molar refractivity (Wildman–Crippen MR) is 71.2 cm³/mol. The number of hydrogen-bond acceptors (Lipinski definition) is 2. The fraction of sp³-hybridized carbons (Fsp3) is 0.571. The molecule has 0 aromatic heterocycles. The van der Waals surface area contributed by atoms with Gasteiger partial charge in [0.05, 0.1) is 6.10 Å². The van der Waals surface area contributed by atoms with Gasteiger partial charge in [-0.1, -0.05) is 11.6 Å². The van der Waals surface area contributed by atoms with Crippen LogP contribution in [0.3, 0.4) is 0 Å². The molecule has 100 valence electrons. The van der Waals surface area contributed by atoms with Crippen LogP contribution < -0.4 is 5.32 Å². The summed E-state index contributed by atoms with van der Waals surface area (Å²) in [5, 5.41) is 13.4. The minimum atomic E-state index is -0.213. The van der Waals surface area contributed by atoms with E-state index in [1.165, 1.54) is 6.07 Å². The highest BCUT2D eigenvalue weighted by Gasteiger charge is 2.19. The molecule has 4 heteroatoms. The number of rotatable bonds is 3. The van der Waals surface area contributed by atoms with Crippen LogP contribution in [-0.2, 0) is 6.54 Å². The number of hydrogen-bond donors (Lipinski definition) is 2. The van der Waals surface area contributed by atoms with Gasteiger partial charge in [0.15, 0.2) is 0 Å². The molecule has 0 atom stereocenters. The zero-order valence-corrected chi connectivity index (χ0v) is 11.3. The van der Waals surface area contributed by atoms with E-state index >= 15 is 0 Å². The van der Waals surface area contributed by atoms with E-state index in [4.69, 9.17) is 11.6 Å². The first kappa shape index (κ1) is 13.8. The molecular formula is C14H19ClFNO. The molecule has 0 amide bonds. The van der Waals surface area contributed by atoms with Gasteiger partial charge >= 0.3 is 0 Å². The van der Waals surface area contributed by atoms with Crippen LogP contribution in [0.25, 0.3) is 0 Å². The van der Waals surface area contributed by atoms with Gasteiger partial charge in [0.2, 0.25) is 0 Å². The fourth-order valence-corrected chi connectivity index (χ4v) is 2.64. The molecule has 1 aliphatic rings. The van der Waals surface area contributed by atoms with Crippen LogP contribution in [0.1, 0.15) is 36.8 Å². The van der Waals surface area contributed by atoms with Gasteiger partial charge < -0.3 is 10.4 Å². The second-order valence-electron chi connectivity index (χ2n) is 5.08. The molecule has 2 nitrogen and oxygen atoms in total. The van der Waals surface area contributed by atoms with E-state index in [9.17, 15) is 9.50 Å². The van der Waals surface area contributed by atoms with Crippen LogP contribution in [0.4, 0.5) is 4.39 Å². The molecule has 18 heavy (non-hydrogen) atoms. The zero-order chi connectivity index (χ0) is 13.1. The Kier molecular flexibility index (Phi) is 4.60. The average molecular weight is 272 g/mol.